The van der Waals surface area contributed by atoms with E-state index in [-0.39, 0.29) is 0 Å². The molecule has 0 unspecified atom stereocenters. The van der Waals surface area contributed by atoms with E-state index in [1.165, 1.54) is 79.8 Å². The number of carbonyl (C=O) groups excluding carboxylic acids is 1. The Morgan fingerprint density at radius 1 is 1.11 bits per heavy atom. The number of carbonyl (C=O) groups is 1. The molecule has 6 nitrogen and oxygen atoms in total. The first-order chi connectivity index (χ1) is 18.2. The fourth-order valence-electron chi connectivity index (χ4n) is 6.45. The molecule has 0 saturated heterocycles. The van der Waals surface area contributed by atoms with Crippen molar-refractivity contribution in [2.45, 2.75) is 90.1 Å². The number of rotatable bonds is 9. The summed E-state index contributed by atoms with van der Waals surface area (Å²) in [5, 5.41) is 8.39. The molecule has 1 aromatic carbocycles. The number of hydrogen-bond donors (Lipinski definition) is 2. The highest BCUT2D eigenvalue weighted by Gasteiger charge is 2.33. The predicted molar refractivity (Wildman–Crippen MR) is 154 cm³/mol. The second kappa shape index (κ2) is 14.0. The first kappa shape index (κ1) is 28.4. The molecule has 5 rings (SSSR count). The van der Waals surface area contributed by atoms with Gasteiger partial charge in [0.2, 0.25) is 0 Å². The molecule has 37 heavy (non-hydrogen) atoms. The van der Waals surface area contributed by atoms with E-state index >= 15 is 0 Å². The highest BCUT2D eigenvalue weighted by molar-refractivity contribution is 7.98. The van der Waals surface area contributed by atoms with E-state index in [4.69, 9.17) is 14.8 Å². The fraction of sp³-hybridized carbons (Fsp3) is 0.655. The van der Waals surface area contributed by atoms with Crippen LogP contribution in [0.1, 0.15) is 103 Å². The third kappa shape index (κ3) is 7.08. The van der Waals surface area contributed by atoms with Crippen LogP contribution >= 0.6 is 23.5 Å². The van der Waals surface area contributed by atoms with Crippen molar-refractivity contribution >= 4 is 35.4 Å². The van der Waals surface area contributed by atoms with Crippen LogP contribution < -0.4 is 9.46 Å². The lowest BCUT2D eigenvalue weighted by molar-refractivity contribution is 0.112. The summed E-state index contributed by atoms with van der Waals surface area (Å²) in [5.74, 6) is 4.34. The Morgan fingerprint density at radius 2 is 1.81 bits per heavy atom. The molecule has 2 heterocycles. The van der Waals surface area contributed by atoms with Crippen molar-refractivity contribution in [1.29, 1.82) is 0 Å². The number of aliphatic hydroxyl groups excluding tert-OH is 1. The van der Waals surface area contributed by atoms with Crippen molar-refractivity contribution in [3.63, 3.8) is 0 Å². The number of thiazole rings is 1. The minimum atomic E-state index is 0.617. The van der Waals surface area contributed by atoms with E-state index in [1.807, 2.05) is 17.4 Å². The zero-order chi connectivity index (χ0) is 26.2. The monoisotopic (exact) mass is 545 g/mol. The van der Waals surface area contributed by atoms with Gasteiger partial charge in [0.25, 0.3) is 0 Å². The van der Waals surface area contributed by atoms with Crippen LogP contribution in [-0.2, 0) is 13.1 Å². The average Bonchev–Trinajstić information content (AvgIpc) is 3.53. The molecule has 0 amide bonds. The van der Waals surface area contributed by atoms with Crippen molar-refractivity contribution in [3.05, 3.63) is 39.3 Å². The highest BCUT2D eigenvalue weighted by Crippen LogP contribution is 2.46. The fourth-order valence-corrected chi connectivity index (χ4v) is 8.56. The Labute approximate surface area is 230 Å². The summed E-state index contributed by atoms with van der Waals surface area (Å²) in [4.78, 5) is 17.6. The second-order valence-corrected chi connectivity index (χ2v) is 12.7. The van der Waals surface area contributed by atoms with Crippen molar-refractivity contribution in [2.75, 3.05) is 18.9 Å². The van der Waals surface area contributed by atoms with Crippen molar-refractivity contribution in [2.24, 2.45) is 17.8 Å². The number of anilines is 1. The molecule has 2 N–H and O–H groups in total. The number of nitrogens with zero attached hydrogens (tertiary/aromatic N) is 2. The van der Waals surface area contributed by atoms with Gasteiger partial charge in [-0.3, -0.25) is 4.79 Å². The van der Waals surface area contributed by atoms with Crippen molar-refractivity contribution < 1.29 is 14.6 Å². The molecule has 2 saturated carbocycles. The molecular weight excluding hydrogens is 502 g/mol. The van der Waals surface area contributed by atoms with Crippen LogP contribution in [0.4, 0.5) is 5.69 Å². The summed E-state index contributed by atoms with van der Waals surface area (Å²) >= 11 is 3.54. The van der Waals surface area contributed by atoms with Gasteiger partial charge in [-0.05, 0) is 74.5 Å². The van der Waals surface area contributed by atoms with Crippen molar-refractivity contribution in [1.82, 2.24) is 9.29 Å². The predicted octanol–water partition coefficient (Wildman–Crippen LogP) is 7.44. The molecule has 0 bridgehead atoms. The quantitative estimate of drug-likeness (QED) is 0.250. The van der Waals surface area contributed by atoms with Gasteiger partial charge in [0, 0.05) is 42.1 Å². The molecule has 3 aliphatic rings. The van der Waals surface area contributed by atoms with E-state index in [0.717, 1.165) is 49.9 Å². The third-order valence-corrected chi connectivity index (χ3v) is 10.5. The molecule has 0 atom stereocenters. The minimum absolute atomic E-state index is 0.617. The van der Waals surface area contributed by atoms with Crippen LogP contribution in [0, 0.1) is 17.8 Å². The summed E-state index contributed by atoms with van der Waals surface area (Å²) in [7, 11) is 2.63. The minimum Gasteiger partial charge on any atom is -0.495 e. The van der Waals surface area contributed by atoms with E-state index < -0.39 is 0 Å². The number of benzene rings is 1. The van der Waals surface area contributed by atoms with Gasteiger partial charge in [-0.25, -0.2) is 9.29 Å². The summed E-state index contributed by atoms with van der Waals surface area (Å²) in [6, 6.07) is 5.46. The van der Waals surface area contributed by atoms with Gasteiger partial charge >= 0.3 is 0 Å². The Bertz CT molecular complexity index is 975. The molecule has 204 valence electrons. The summed E-state index contributed by atoms with van der Waals surface area (Å²) in [6.45, 7) is 4.13. The number of ether oxygens (including phenoxy) is 1. The van der Waals surface area contributed by atoms with Crippen LogP contribution in [0.25, 0.3) is 0 Å². The number of aromatic nitrogens is 1. The molecule has 1 aromatic heterocycles. The van der Waals surface area contributed by atoms with Crippen LogP contribution in [0.15, 0.2) is 18.2 Å². The molecule has 2 aromatic rings. The van der Waals surface area contributed by atoms with Gasteiger partial charge in [-0.1, -0.05) is 32.6 Å². The zero-order valence-corrected chi connectivity index (χ0v) is 24.2. The van der Waals surface area contributed by atoms with Gasteiger partial charge < -0.3 is 14.6 Å². The van der Waals surface area contributed by atoms with Crippen LogP contribution in [0.2, 0.25) is 0 Å². The number of aldehydes is 1. The largest absolute Gasteiger partial charge is 0.495 e. The van der Waals surface area contributed by atoms with Gasteiger partial charge in [-0.2, -0.15) is 0 Å². The summed E-state index contributed by atoms with van der Waals surface area (Å²) in [6.07, 6.45) is 15.1. The number of aliphatic hydroxyl groups is 1. The average molecular weight is 546 g/mol. The molecule has 8 heteroatoms. The maximum absolute atomic E-state index is 11.0. The normalized spacial score (nSPS) is 25.6. The summed E-state index contributed by atoms with van der Waals surface area (Å²) < 4.78 is 11.1. The molecule has 2 aliphatic carbocycles. The van der Waals surface area contributed by atoms with Crippen LogP contribution in [-0.4, -0.2) is 34.9 Å². The lowest BCUT2D eigenvalue weighted by Gasteiger charge is -2.37. The first-order valence-corrected chi connectivity index (χ1v) is 15.5. The Kier molecular flexibility index (Phi) is 10.7. The van der Waals surface area contributed by atoms with Crippen LogP contribution in [0.3, 0.4) is 0 Å². The first-order valence-electron chi connectivity index (χ1n) is 13.9. The number of fused-ring (bicyclic) bond motifs is 1. The van der Waals surface area contributed by atoms with Crippen molar-refractivity contribution in [3.8, 4) is 5.75 Å². The second-order valence-electron chi connectivity index (χ2n) is 10.7. The SMILES string of the molecule is CCCC1CCC(C2CCC(c3nc4c(s3)CN(SNc3ccc(C=O)cc3OC)C4)CC2)CC1.CO. The number of methoxy groups -OCH3 is 1. The number of nitrogens with one attached hydrogen (secondary N) is 1. The standard InChI is InChI=1S/C28H39N3O2S2.CH4O/c1-3-4-19-5-8-21(9-6-19)22-10-12-23(13-11-22)28-29-25-16-31(17-27(25)34-28)35-30-24-14-7-20(18-32)15-26(24)33-2;1-2/h7,14-15,18-19,21-23,30H,3-6,8-13,16-17H2,1-2H3;2H,1H3. The van der Waals surface area contributed by atoms with Gasteiger partial charge in [-0.15, -0.1) is 11.3 Å². The maximum atomic E-state index is 11.0. The molecular formula is C29H43N3O3S2. The molecule has 1 aliphatic heterocycles. The maximum Gasteiger partial charge on any atom is 0.150 e. The van der Waals surface area contributed by atoms with Gasteiger partial charge in [0.15, 0.2) is 0 Å². The van der Waals surface area contributed by atoms with E-state index in [9.17, 15) is 4.79 Å². The van der Waals surface area contributed by atoms with Gasteiger partial charge in [0.1, 0.15) is 12.0 Å². The molecule has 2 fully saturated rings. The van der Waals surface area contributed by atoms with Gasteiger partial charge in [0.05, 0.1) is 30.0 Å². The lowest BCUT2D eigenvalue weighted by Crippen LogP contribution is -2.25. The molecule has 0 radical (unpaired) electrons. The number of hydrogen-bond acceptors (Lipinski definition) is 8. The smallest absolute Gasteiger partial charge is 0.150 e. The van der Waals surface area contributed by atoms with Crippen LogP contribution in [0.5, 0.6) is 5.75 Å². The van der Waals surface area contributed by atoms with E-state index in [2.05, 4.69) is 16.0 Å². The Hall–Kier alpha value is -1.61. The zero-order valence-electron chi connectivity index (χ0n) is 22.6. The highest BCUT2D eigenvalue weighted by atomic mass is 32.2. The van der Waals surface area contributed by atoms with E-state index in [0.29, 0.717) is 17.2 Å². The Morgan fingerprint density at radius 3 is 2.43 bits per heavy atom. The lowest BCUT2D eigenvalue weighted by atomic mass is 9.69. The molecule has 0 spiro atoms. The summed E-state index contributed by atoms with van der Waals surface area (Å²) in [5.41, 5.74) is 2.76. The Balaban J connectivity index is 0.00000156. The van der Waals surface area contributed by atoms with E-state index in [1.54, 1.807) is 31.4 Å². The topological polar surface area (TPSA) is 74.7 Å². The third-order valence-electron chi connectivity index (χ3n) is 8.46.